The number of para-hydroxylation sites is 1. The van der Waals surface area contributed by atoms with Crippen LogP contribution in [-0.4, -0.2) is 25.0 Å². The van der Waals surface area contributed by atoms with Crippen LogP contribution in [0.1, 0.15) is 37.3 Å². The van der Waals surface area contributed by atoms with E-state index in [4.69, 9.17) is 5.73 Å². The van der Waals surface area contributed by atoms with E-state index in [1.165, 1.54) is 0 Å². The summed E-state index contributed by atoms with van der Waals surface area (Å²) >= 11 is 0. The molecule has 1 aromatic rings. The molecule has 0 saturated carbocycles. The highest BCUT2D eigenvalue weighted by Crippen LogP contribution is 2.18. The lowest BCUT2D eigenvalue weighted by atomic mass is 10.1. The van der Waals surface area contributed by atoms with E-state index in [0.717, 1.165) is 36.1 Å². The number of carbonyl (C=O) groups is 1. The normalized spacial score (nSPS) is 10.9. The number of anilines is 1. The molecule has 1 aromatic carbocycles. The molecule has 0 fully saturated rings. The highest BCUT2D eigenvalue weighted by molar-refractivity contribution is 5.85. The second-order valence-electron chi connectivity index (χ2n) is 5.26. The Balaban J connectivity index is 0. The van der Waals surface area contributed by atoms with Gasteiger partial charge in [0.2, 0.25) is 5.91 Å². The first-order chi connectivity index (χ1) is 9.58. The Labute approximate surface area is 146 Å². The predicted octanol–water partition coefficient (Wildman–Crippen LogP) is 3.19. The van der Waals surface area contributed by atoms with Crippen molar-refractivity contribution in [2.24, 2.45) is 5.73 Å². The van der Waals surface area contributed by atoms with Crippen molar-refractivity contribution in [1.29, 1.82) is 0 Å². The van der Waals surface area contributed by atoms with Gasteiger partial charge in [-0.05, 0) is 31.4 Å². The molecule has 1 rings (SSSR count). The number of benzene rings is 1. The lowest BCUT2D eigenvalue weighted by Gasteiger charge is -2.18. The summed E-state index contributed by atoms with van der Waals surface area (Å²) in [5.74, 6) is -0.000735. The zero-order valence-electron chi connectivity index (χ0n) is 13.6. The molecule has 0 aliphatic heterocycles. The Morgan fingerprint density at radius 2 is 1.82 bits per heavy atom. The minimum absolute atomic E-state index is 0. The minimum atomic E-state index is -0.000735. The van der Waals surface area contributed by atoms with Gasteiger partial charge in [-0.1, -0.05) is 38.0 Å². The number of hydrogen-bond donors (Lipinski definition) is 3. The fourth-order valence-corrected chi connectivity index (χ4v) is 2.24. The molecule has 0 heterocycles. The molecule has 0 spiro atoms. The van der Waals surface area contributed by atoms with Crippen molar-refractivity contribution in [2.75, 3.05) is 18.4 Å². The Morgan fingerprint density at radius 1 is 1.23 bits per heavy atom. The lowest BCUT2D eigenvalue weighted by Crippen LogP contribution is -2.42. The number of rotatable bonds is 8. The van der Waals surface area contributed by atoms with Gasteiger partial charge in [0.1, 0.15) is 0 Å². The van der Waals surface area contributed by atoms with Crippen molar-refractivity contribution in [1.82, 2.24) is 5.32 Å². The summed E-state index contributed by atoms with van der Waals surface area (Å²) in [4.78, 5) is 11.9. The number of unbranched alkanes of at least 4 members (excludes halogenated alkanes) is 1. The third-order valence-corrected chi connectivity index (χ3v) is 3.46. The molecular formula is C16H29Cl2N3O. The number of nitrogens with one attached hydrogen (secondary N) is 2. The number of hydrogen-bond acceptors (Lipinski definition) is 3. The summed E-state index contributed by atoms with van der Waals surface area (Å²) in [7, 11) is 0. The fourth-order valence-electron chi connectivity index (χ4n) is 2.24. The third kappa shape index (κ3) is 7.87. The molecule has 4 N–H and O–H groups in total. The summed E-state index contributed by atoms with van der Waals surface area (Å²) in [6.07, 6.45) is 3.15. The molecule has 1 unspecified atom stereocenters. The van der Waals surface area contributed by atoms with E-state index >= 15 is 0 Å². The Morgan fingerprint density at radius 3 is 2.32 bits per heavy atom. The largest absolute Gasteiger partial charge is 0.376 e. The lowest BCUT2D eigenvalue weighted by molar-refractivity contribution is -0.120. The molecule has 0 aliphatic rings. The molecule has 0 aromatic heterocycles. The van der Waals surface area contributed by atoms with Crippen LogP contribution < -0.4 is 16.4 Å². The molecule has 0 bridgehead atoms. The van der Waals surface area contributed by atoms with E-state index < -0.39 is 0 Å². The van der Waals surface area contributed by atoms with Gasteiger partial charge in [-0.3, -0.25) is 4.79 Å². The summed E-state index contributed by atoms with van der Waals surface area (Å²) in [5.41, 5.74) is 9.03. The Kier molecular flexibility index (Phi) is 13.3. The quantitative estimate of drug-likeness (QED) is 0.675. The van der Waals surface area contributed by atoms with Crippen LogP contribution in [0, 0.1) is 13.8 Å². The molecule has 6 heteroatoms. The summed E-state index contributed by atoms with van der Waals surface area (Å²) < 4.78 is 0. The van der Waals surface area contributed by atoms with Crippen molar-refractivity contribution in [2.45, 2.75) is 46.1 Å². The number of carbonyl (C=O) groups excluding carboxylic acids is 1. The molecule has 22 heavy (non-hydrogen) atoms. The fraction of sp³-hybridized carbons (Fsp3) is 0.562. The number of halogens is 2. The van der Waals surface area contributed by atoms with Gasteiger partial charge >= 0.3 is 0 Å². The monoisotopic (exact) mass is 349 g/mol. The molecule has 128 valence electrons. The second kappa shape index (κ2) is 12.6. The average Bonchev–Trinajstić information content (AvgIpc) is 2.42. The third-order valence-electron chi connectivity index (χ3n) is 3.46. The van der Waals surface area contributed by atoms with Crippen LogP contribution in [0.3, 0.4) is 0 Å². The van der Waals surface area contributed by atoms with Crippen molar-refractivity contribution in [3.8, 4) is 0 Å². The van der Waals surface area contributed by atoms with Gasteiger partial charge in [-0.15, -0.1) is 24.8 Å². The van der Waals surface area contributed by atoms with Gasteiger partial charge in [-0.2, -0.15) is 0 Å². The second-order valence-corrected chi connectivity index (χ2v) is 5.26. The van der Waals surface area contributed by atoms with Crippen molar-refractivity contribution >= 4 is 36.4 Å². The first kappa shape index (κ1) is 23.3. The maximum absolute atomic E-state index is 11.9. The van der Waals surface area contributed by atoms with E-state index in [0.29, 0.717) is 6.54 Å². The molecule has 1 atom stereocenters. The van der Waals surface area contributed by atoms with Crippen LogP contribution in [-0.2, 0) is 4.79 Å². The van der Waals surface area contributed by atoms with Crippen molar-refractivity contribution < 1.29 is 4.79 Å². The van der Waals surface area contributed by atoms with Gasteiger partial charge in [0.05, 0.1) is 6.54 Å². The zero-order chi connectivity index (χ0) is 15.0. The highest BCUT2D eigenvalue weighted by atomic mass is 35.5. The van der Waals surface area contributed by atoms with Crippen LogP contribution in [0.15, 0.2) is 18.2 Å². The van der Waals surface area contributed by atoms with E-state index in [-0.39, 0.29) is 43.3 Å². The van der Waals surface area contributed by atoms with E-state index in [2.05, 4.69) is 17.6 Å². The van der Waals surface area contributed by atoms with Crippen LogP contribution >= 0.6 is 24.8 Å². The number of nitrogens with two attached hydrogens (primary N) is 1. The van der Waals surface area contributed by atoms with E-state index in [9.17, 15) is 4.79 Å². The molecular weight excluding hydrogens is 321 g/mol. The Bertz CT molecular complexity index is 421. The summed E-state index contributed by atoms with van der Waals surface area (Å²) in [5, 5.41) is 6.20. The first-order valence-corrected chi connectivity index (χ1v) is 7.38. The molecule has 0 aliphatic carbocycles. The summed E-state index contributed by atoms with van der Waals surface area (Å²) in [6.45, 7) is 7.00. The standard InChI is InChI=1S/C16H27N3O.2ClH/c1-4-5-9-14(10-17)19-15(20)11-18-16-12(2)7-6-8-13(16)3;;/h6-8,14,18H,4-5,9-11,17H2,1-3H3,(H,19,20);2*1H. The number of amides is 1. The van der Waals surface area contributed by atoms with Gasteiger partial charge in [0.25, 0.3) is 0 Å². The van der Waals surface area contributed by atoms with E-state index in [1.807, 2.05) is 32.0 Å². The Hall–Kier alpha value is -0.970. The molecule has 1 amide bonds. The average molecular weight is 350 g/mol. The predicted molar refractivity (Wildman–Crippen MR) is 99.4 cm³/mol. The SMILES string of the molecule is CCCCC(CN)NC(=O)CNc1c(C)cccc1C.Cl.Cl. The first-order valence-electron chi connectivity index (χ1n) is 7.38. The minimum Gasteiger partial charge on any atom is -0.376 e. The maximum Gasteiger partial charge on any atom is 0.239 e. The van der Waals surface area contributed by atoms with Crippen LogP contribution in [0.4, 0.5) is 5.69 Å². The highest BCUT2D eigenvalue weighted by Gasteiger charge is 2.10. The van der Waals surface area contributed by atoms with Gasteiger partial charge in [-0.25, -0.2) is 0 Å². The topological polar surface area (TPSA) is 67.1 Å². The van der Waals surface area contributed by atoms with Crippen molar-refractivity contribution in [3.63, 3.8) is 0 Å². The maximum atomic E-state index is 11.9. The number of aryl methyl sites for hydroxylation is 2. The summed E-state index contributed by atoms with van der Waals surface area (Å²) in [6, 6.07) is 6.18. The van der Waals surface area contributed by atoms with Gasteiger partial charge in [0, 0.05) is 18.3 Å². The van der Waals surface area contributed by atoms with Crippen LogP contribution in [0.2, 0.25) is 0 Å². The van der Waals surface area contributed by atoms with Crippen molar-refractivity contribution in [3.05, 3.63) is 29.3 Å². The molecule has 4 nitrogen and oxygen atoms in total. The van der Waals surface area contributed by atoms with Crippen LogP contribution in [0.5, 0.6) is 0 Å². The molecule has 0 saturated heterocycles. The smallest absolute Gasteiger partial charge is 0.239 e. The zero-order valence-corrected chi connectivity index (χ0v) is 15.3. The van der Waals surface area contributed by atoms with Gasteiger partial charge < -0.3 is 16.4 Å². The van der Waals surface area contributed by atoms with Gasteiger partial charge in [0.15, 0.2) is 0 Å². The van der Waals surface area contributed by atoms with Crippen LogP contribution in [0.25, 0.3) is 0 Å². The van der Waals surface area contributed by atoms with E-state index in [1.54, 1.807) is 0 Å². The molecule has 0 radical (unpaired) electrons.